The molecular formula is C21H20FN3O. The number of rotatable bonds is 5. The summed E-state index contributed by atoms with van der Waals surface area (Å²) in [6.45, 7) is 4.24. The van der Waals surface area contributed by atoms with Crippen LogP contribution < -0.4 is 10.6 Å². The summed E-state index contributed by atoms with van der Waals surface area (Å²) in [4.78, 5) is 16.9. The van der Waals surface area contributed by atoms with Crippen LogP contribution in [0, 0.1) is 5.82 Å². The number of aromatic nitrogens is 1. The molecule has 0 aliphatic rings. The zero-order valence-corrected chi connectivity index (χ0v) is 14.7. The molecule has 0 aliphatic heterocycles. The number of hydrogen-bond donors (Lipinski definition) is 2. The Hall–Kier alpha value is -3.21. The highest BCUT2D eigenvalue weighted by Crippen LogP contribution is 2.21. The minimum atomic E-state index is -0.359. The van der Waals surface area contributed by atoms with E-state index in [9.17, 15) is 9.18 Å². The third-order valence-corrected chi connectivity index (χ3v) is 3.97. The maximum atomic E-state index is 13.4. The zero-order valence-electron chi connectivity index (χ0n) is 14.7. The number of halogens is 1. The predicted octanol–water partition coefficient (Wildman–Crippen LogP) is 5.34. The molecule has 0 aliphatic carbocycles. The van der Waals surface area contributed by atoms with E-state index in [4.69, 9.17) is 0 Å². The first kappa shape index (κ1) is 17.6. The van der Waals surface area contributed by atoms with Gasteiger partial charge in [0.2, 0.25) is 0 Å². The fourth-order valence-electron chi connectivity index (χ4n) is 2.54. The van der Waals surface area contributed by atoms with Crippen molar-refractivity contribution in [2.75, 3.05) is 10.6 Å². The van der Waals surface area contributed by atoms with Gasteiger partial charge in [-0.15, -0.1) is 0 Å². The van der Waals surface area contributed by atoms with Gasteiger partial charge >= 0.3 is 0 Å². The molecule has 1 aromatic heterocycles. The Kier molecular flexibility index (Phi) is 5.27. The summed E-state index contributed by atoms with van der Waals surface area (Å²) in [6.07, 6.45) is 1.58. The van der Waals surface area contributed by atoms with Gasteiger partial charge in [-0.25, -0.2) is 9.37 Å². The summed E-state index contributed by atoms with van der Waals surface area (Å²) >= 11 is 0. The molecule has 1 amide bonds. The monoisotopic (exact) mass is 349 g/mol. The van der Waals surface area contributed by atoms with Crippen molar-refractivity contribution in [1.82, 2.24) is 4.98 Å². The van der Waals surface area contributed by atoms with E-state index in [2.05, 4.69) is 29.5 Å². The van der Waals surface area contributed by atoms with Gasteiger partial charge in [0.25, 0.3) is 5.91 Å². The second-order valence-corrected chi connectivity index (χ2v) is 6.27. The molecule has 5 heteroatoms. The number of nitrogens with zero attached hydrogens (tertiary/aromatic N) is 1. The molecule has 2 aromatic carbocycles. The van der Waals surface area contributed by atoms with Gasteiger partial charge in [0.1, 0.15) is 11.6 Å². The standard InChI is InChI=1S/C21H20FN3O/c1-14(2)15-8-10-17(11-9-15)25-21(26)19-7-4-12-23-20(19)24-18-6-3-5-16(22)13-18/h3-14H,1-2H3,(H,23,24)(H,25,26). The molecule has 132 valence electrons. The fourth-order valence-corrected chi connectivity index (χ4v) is 2.54. The maximum Gasteiger partial charge on any atom is 0.259 e. The van der Waals surface area contributed by atoms with Crippen LogP contribution in [0.25, 0.3) is 0 Å². The van der Waals surface area contributed by atoms with Crippen LogP contribution in [-0.4, -0.2) is 10.9 Å². The summed E-state index contributed by atoms with van der Waals surface area (Å²) in [6, 6.07) is 17.1. The molecular weight excluding hydrogens is 329 g/mol. The van der Waals surface area contributed by atoms with Gasteiger partial charge in [-0.2, -0.15) is 0 Å². The molecule has 2 N–H and O–H groups in total. The second-order valence-electron chi connectivity index (χ2n) is 6.27. The molecule has 3 aromatic rings. The number of nitrogens with one attached hydrogen (secondary N) is 2. The van der Waals surface area contributed by atoms with E-state index in [1.807, 2.05) is 24.3 Å². The lowest BCUT2D eigenvalue weighted by Gasteiger charge is -2.12. The molecule has 0 spiro atoms. The third-order valence-electron chi connectivity index (χ3n) is 3.97. The number of carbonyl (C=O) groups excluding carboxylic acids is 1. The molecule has 0 radical (unpaired) electrons. The van der Waals surface area contributed by atoms with Crippen molar-refractivity contribution >= 4 is 23.1 Å². The van der Waals surface area contributed by atoms with Gasteiger partial charge in [-0.1, -0.05) is 32.0 Å². The van der Waals surface area contributed by atoms with Crippen LogP contribution >= 0.6 is 0 Å². The predicted molar refractivity (Wildman–Crippen MR) is 102 cm³/mol. The number of hydrogen-bond acceptors (Lipinski definition) is 3. The highest BCUT2D eigenvalue weighted by atomic mass is 19.1. The zero-order chi connectivity index (χ0) is 18.5. The van der Waals surface area contributed by atoms with Gasteiger partial charge < -0.3 is 10.6 Å². The second kappa shape index (κ2) is 7.78. The number of carbonyl (C=O) groups is 1. The topological polar surface area (TPSA) is 54.0 Å². The average molecular weight is 349 g/mol. The van der Waals surface area contributed by atoms with E-state index < -0.39 is 0 Å². The highest BCUT2D eigenvalue weighted by Gasteiger charge is 2.13. The van der Waals surface area contributed by atoms with Crippen molar-refractivity contribution < 1.29 is 9.18 Å². The normalized spacial score (nSPS) is 10.6. The molecule has 0 saturated heterocycles. The van der Waals surface area contributed by atoms with Crippen LogP contribution in [0.15, 0.2) is 66.9 Å². The number of amides is 1. The molecule has 0 bridgehead atoms. The highest BCUT2D eigenvalue weighted by molar-refractivity contribution is 6.07. The van der Waals surface area contributed by atoms with Crippen LogP contribution in [-0.2, 0) is 0 Å². The lowest BCUT2D eigenvalue weighted by Crippen LogP contribution is -2.14. The lowest BCUT2D eigenvalue weighted by atomic mass is 10.0. The van der Waals surface area contributed by atoms with Crippen molar-refractivity contribution in [3.8, 4) is 0 Å². The van der Waals surface area contributed by atoms with Crippen molar-refractivity contribution in [3.05, 3.63) is 83.8 Å². The Morgan fingerprint density at radius 1 is 1.00 bits per heavy atom. The van der Waals surface area contributed by atoms with Crippen molar-refractivity contribution in [2.24, 2.45) is 0 Å². The molecule has 3 rings (SSSR count). The van der Waals surface area contributed by atoms with E-state index in [1.54, 1.807) is 30.5 Å². The van der Waals surface area contributed by atoms with Gasteiger partial charge in [-0.3, -0.25) is 4.79 Å². The molecule has 0 unspecified atom stereocenters. The summed E-state index contributed by atoms with van der Waals surface area (Å²) in [5.74, 6) is 0.158. The summed E-state index contributed by atoms with van der Waals surface area (Å²) in [7, 11) is 0. The van der Waals surface area contributed by atoms with Crippen LogP contribution in [0.3, 0.4) is 0 Å². The first-order valence-corrected chi connectivity index (χ1v) is 8.42. The van der Waals surface area contributed by atoms with Gasteiger partial charge in [-0.05, 0) is 53.9 Å². The number of anilines is 3. The average Bonchev–Trinajstić information content (AvgIpc) is 2.62. The quantitative estimate of drug-likeness (QED) is 0.654. The SMILES string of the molecule is CC(C)c1ccc(NC(=O)c2cccnc2Nc2cccc(F)c2)cc1. The summed E-state index contributed by atoms with van der Waals surface area (Å²) in [5.41, 5.74) is 2.82. The Morgan fingerprint density at radius 3 is 2.46 bits per heavy atom. The first-order valence-electron chi connectivity index (χ1n) is 8.42. The molecule has 0 atom stereocenters. The van der Waals surface area contributed by atoms with E-state index in [0.29, 0.717) is 28.7 Å². The summed E-state index contributed by atoms with van der Waals surface area (Å²) in [5, 5.41) is 5.86. The van der Waals surface area contributed by atoms with Crippen molar-refractivity contribution in [3.63, 3.8) is 0 Å². The summed E-state index contributed by atoms with van der Waals surface area (Å²) < 4.78 is 13.4. The maximum absolute atomic E-state index is 13.4. The third kappa shape index (κ3) is 4.25. The Balaban J connectivity index is 1.79. The fraction of sp³-hybridized carbons (Fsp3) is 0.143. The van der Waals surface area contributed by atoms with E-state index in [1.165, 1.54) is 17.7 Å². The van der Waals surface area contributed by atoms with Gasteiger partial charge in [0.15, 0.2) is 0 Å². The minimum absolute atomic E-state index is 0.283. The van der Waals surface area contributed by atoms with E-state index in [0.717, 1.165) is 0 Å². The van der Waals surface area contributed by atoms with Crippen LogP contribution in [0.4, 0.5) is 21.6 Å². The Bertz CT molecular complexity index is 907. The molecule has 4 nitrogen and oxygen atoms in total. The first-order chi connectivity index (χ1) is 12.5. The largest absolute Gasteiger partial charge is 0.339 e. The van der Waals surface area contributed by atoms with Crippen LogP contribution in [0.2, 0.25) is 0 Å². The van der Waals surface area contributed by atoms with Crippen molar-refractivity contribution in [2.45, 2.75) is 19.8 Å². The van der Waals surface area contributed by atoms with Crippen LogP contribution in [0.1, 0.15) is 35.7 Å². The smallest absolute Gasteiger partial charge is 0.259 e. The molecule has 0 saturated carbocycles. The van der Waals surface area contributed by atoms with Crippen molar-refractivity contribution in [1.29, 1.82) is 0 Å². The van der Waals surface area contributed by atoms with E-state index >= 15 is 0 Å². The minimum Gasteiger partial charge on any atom is -0.339 e. The van der Waals surface area contributed by atoms with Gasteiger partial charge in [0, 0.05) is 17.6 Å². The molecule has 0 fully saturated rings. The number of benzene rings is 2. The number of pyridine rings is 1. The Labute approximate surface area is 152 Å². The molecule has 26 heavy (non-hydrogen) atoms. The van der Waals surface area contributed by atoms with E-state index in [-0.39, 0.29) is 11.7 Å². The lowest BCUT2D eigenvalue weighted by molar-refractivity contribution is 0.102. The Morgan fingerprint density at radius 2 is 1.77 bits per heavy atom. The van der Waals surface area contributed by atoms with Gasteiger partial charge in [0.05, 0.1) is 5.56 Å². The molecule has 1 heterocycles. The van der Waals surface area contributed by atoms with Crippen LogP contribution in [0.5, 0.6) is 0 Å².